The van der Waals surface area contributed by atoms with Crippen LogP contribution < -0.4 is 10.6 Å². The molecule has 0 radical (unpaired) electrons. The van der Waals surface area contributed by atoms with Crippen LogP contribution in [-0.2, 0) is 6.18 Å². The van der Waals surface area contributed by atoms with E-state index >= 15 is 0 Å². The third-order valence-corrected chi connectivity index (χ3v) is 5.65. The van der Waals surface area contributed by atoms with Crippen LogP contribution in [0.3, 0.4) is 0 Å². The van der Waals surface area contributed by atoms with Crippen LogP contribution in [0.4, 0.5) is 26.3 Å². The Morgan fingerprint density at radius 3 is 2.09 bits per heavy atom. The Bertz CT molecular complexity index is 1020. The molecule has 188 valence electrons. The molecule has 0 heterocycles. The molecule has 0 aliphatic heterocycles. The van der Waals surface area contributed by atoms with E-state index in [-0.39, 0.29) is 45.1 Å². The number of amides is 1. The normalized spacial score (nSPS) is 13.0. The quantitative estimate of drug-likeness (QED) is 0.207. The highest BCUT2D eigenvalue weighted by atomic mass is 35.5. The van der Waals surface area contributed by atoms with Crippen LogP contribution in [0.2, 0.25) is 15.1 Å². The van der Waals surface area contributed by atoms with Gasteiger partial charge in [-0.1, -0.05) is 53.0 Å². The van der Waals surface area contributed by atoms with Gasteiger partial charge in [0, 0.05) is 13.1 Å². The molecule has 0 aliphatic carbocycles. The van der Waals surface area contributed by atoms with Gasteiger partial charge in [0.25, 0.3) is 5.91 Å². The highest BCUT2D eigenvalue weighted by molar-refractivity contribution is 6.48. The van der Waals surface area contributed by atoms with Crippen LogP contribution in [0, 0.1) is 0 Å². The minimum Gasteiger partial charge on any atom is -0.351 e. The summed E-state index contributed by atoms with van der Waals surface area (Å²) in [5, 5.41) is 4.55. The number of hydrogen-bond donors (Lipinski definition) is 2. The molecule has 3 nitrogen and oxygen atoms in total. The Labute approximate surface area is 212 Å². The van der Waals surface area contributed by atoms with Crippen molar-refractivity contribution in [2.75, 3.05) is 20.1 Å². The molecule has 2 aromatic rings. The summed E-state index contributed by atoms with van der Waals surface area (Å²) in [5.74, 6) is -3.17. The van der Waals surface area contributed by atoms with Gasteiger partial charge in [0.05, 0.1) is 32.1 Å². The molecule has 0 bridgehead atoms. The summed E-state index contributed by atoms with van der Waals surface area (Å²) in [5.41, 5.74) is -2.43. The highest BCUT2D eigenvalue weighted by Gasteiger charge is 2.40. The molecule has 2 rings (SSSR count). The second-order valence-electron chi connectivity index (χ2n) is 6.84. The maximum atomic E-state index is 13.7. The van der Waals surface area contributed by atoms with Crippen molar-refractivity contribution in [3.63, 3.8) is 0 Å². The Morgan fingerprint density at radius 1 is 1.00 bits per heavy atom. The van der Waals surface area contributed by atoms with E-state index in [4.69, 9.17) is 34.8 Å². The summed E-state index contributed by atoms with van der Waals surface area (Å²) in [6, 6.07) is 4.61. The second-order valence-corrected chi connectivity index (χ2v) is 8.03. The lowest BCUT2D eigenvalue weighted by atomic mass is 9.96. The molecular weight excluding hydrogens is 552 g/mol. The monoisotopic (exact) mass is 568 g/mol. The number of benzene rings is 2. The maximum Gasteiger partial charge on any atom is 0.417 e. The summed E-state index contributed by atoms with van der Waals surface area (Å²) in [6.07, 6.45) is -8.14. The lowest BCUT2D eigenvalue weighted by molar-refractivity contribution is -0.139. The number of likely N-dealkylation sites (N-methyl/N-ethyl adjacent to an activating group) is 1. The van der Waals surface area contributed by atoms with Crippen LogP contribution in [0.25, 0.3) is 6.08 Å². The smallest absolute Gasteiger partial charge is 0.351 e. The molecule has 0 saturated carbocycles. The van der Waals surface area contributed by atoms with E-state index in [2.05, 4.69) is 10.6 Å². The van der Waals surface area contributed by atoms with E-state index in [9.17, 15) is 31.1 Å². The van der Waals surface area contributed by atoms with E-state index in [0.717, 1.165) is 30.3 Å². The fraction of sp³-hybridized carbons (Fsp3) is 0.286. The van der Waals surface area contributed by atoms with Crippen LogP contribution in [0.15, 0.2) is 36.4 Å². The van der Waals surface area contributed by atoms with Crippen molar-refractivity contribution in [3.8, 4) is 0 Å². The molecule has 0 fully saturated rings. The number of halogens is 10. The standard InChI is InChI=1S/C21H17Cl3F6N2O.ClH/c1-31-6-7-32-19(33)13-4-2-11(8-15(13)21(28,29)30)3-5-14(20(25,26)27)12-9-16(22)18(24)17(23)10-12;/h2-5,8-10,14,31H,6-7H2,1H3,(H,32,33);1H. The molecule has 1 atom stereocenters. The zero-order valence-electron chi connectivity index (χ0n) is 17.3. The van der Waals surface area contributed by atoms with Crippen LogP contribution >= 0.6 is 47.2 Å². The van der Waals surface area contributed by atoms with E-state index < -0.39 is 35.3 Å². The number of alkyl halides is 6. The van der Waals surface area contributed by atoms with Crippen molar-refractivity contribution in [3.05, 3.63) is 73.7 Å². The van der Waals surface area contributed by atoms with Gasteiger partial charge >= 0.3 is 12.4 Å². The van der Waals surface area contributed by atoms with Crippen LogP contribution in [-0.4, -0.2) is 32.2 Å². The summed E-state index contributed by atoms with van der Waals surface area (Å²) in [7, 11) is 1.61. The van der Waals surface area contributed by atoms with Gasteiger partial charge < -0.3 is 10.6 Å². The minimum absolute atomic E-state index is 0. The van der Waals surface area contributed by atoms with Gasteiger partial charge in [-0.3, -0.25) is 4.79 Å². The molecular formula is C21H18Cl4F6N2O. The molecule has 34 heavy (non-hydrogen) atoms. The fourth-order valence-electron chi connectivity index (χ4n) is 2.87. The number of hydrogen-bond acceptors (Lipinski definition) is 2. The first-order valence-electron chi connectivity index (χ1n) is 9.29. The van der Waals surface area contributed by atoms with Crippen molar-refractivity contribution in [1.82, 2.24) is 10.6 Å². The molecule has 0 aromatic heterocycles. The highest BCUT2D eigenvalue weighted by Crippen LogP contribution is 2.41. The Kier molecular flexibility index (Phi) is 11.0. The predicted molar refractivity (Wildman–Crippen MR) is 124 cm³/mol. The summed E-state index contributed by atoms with van der Waals surface area (Å²) in [6.45, 7) is 0.430. The zero-order valence-corrected chi connectivity index (χ0v) is 20.3. The van der Waals surface area contributed by atoms with Gasteiger partial charge in [-0.2, -0.15) is 26.3 Å². The van der Waals surface area contributed by atoms with Crippen molar-refractivity contribution in [1.29, 1.82) is 0 Å². The molecule has 13 heteroatoms. The van der Waals surface area contributed by atoms with Crippen molar-refractivity contribution < 1.29 is 31.1 Å². The maximum absolute atomic E-state index is 13.7. The first kappa shape index (κ1) is 30.4. The molecule has 2 N–H and O–H groups in total. The van der Waals surface area contributed by atoms with Crippen LogP contribution in [0.5, 0.6) is 0 Å². The Morgan fingerprint density at radius 2 is 1.59 bits per heavy atom. The van der Waals surface area contributed by atoms with E-state index in [1.54, 1.807) is 7.05 Å². The molecule has 0 saturated heterocycles. The average Bonchev–Trinajstić information content (AvgIpc) is 2.70. The molecule has 2 aromatic carbocycles. The molecule has 0 aliphatic rings. The van der Waals surface area contributed by atoms with Gasteiger partial charge in [-0.25, -0.2) is 0 Å². The number of nitrogens with one attached hydrogen (secondary N) is 2. The van der Waals surface area contributed by atoms with E-state index in [1.807, 2.05) is 0 Å². The van der Waals surface area contributed by atoms with E-state index in [0.29, 0.717) is 18.7 Å². The SMILES string of the molecule is CNCCNC(=O)c1ccc(C=CC(c2cc(Cl)c(Cl)c(Cl)c2)C(F)(F)F)cc1C(F)(F)F.Cl. The lowest BCUT2D eigenvalue weighted by Crippen LogP contribution is -2.31. The number of rotatable bonds is 7. The minimum atomic E-state index is -4.90. The molecule has 0 spiro atoms. The van der Waals surface area contributed by atoms with Gasteiger partial charge in [0.2, 0.25) is 0 Å². The largest absolute Gasteiger partial charge is 0.417 e. The average molecular weight is 570 g/mol. The van der Waals surface area contributed by atoms with Crippen molar-refractivity contribution in [2.45, 2.75) is 18.3 Å². The predicted octanol–water partition coefficient (Wildman–Crippen LogP) is 7.40. The van der Waals surface area contributed by atoms with Crippen molar-refractivity contribution >= 4 is 59.2 Å². The zero-order chi connectivity index (χ0) is 25.0. The Balaban J connectivity index is 0.00000578. The van der Waals surface area contributed by atoms with Gasteiger partial charge in [-0.05, 0) is 42.4 Å². The first-order chi connectivity index (χ1) is 15.3. The Hall–Kier alpha value is -1.65. The van der Waals surface area contributed by atoms with Gasteiger partial charge in [0.1, 0.15) is 0 Å². The second kappa shape index (κ2) is 12.4. The van der Waals surface area contributed by atoms with Gasteiger partial charge in [0.15, 0.2) is 0 Å². The summed E-state index contributed by atoms with van der Waals surface area (Å²) >= 11 is 17.4. The number of allylic oxidation sites excluding steroid dienone is 1. The van der Waals surface area contributed by atoms with Crippen LogP contribution in [0.1, 0.15) is 33.0 Å². The first-order valence-corrected chi connectivity index (χ1v) is 10.4. The fourth-order valence-corrected chi connectivity index (χ4v) is 3.48. The van der Waals surface area contributed by atoms with Crippen molar-refractivity contribution in [2.24, 2.45) is 0 Å². The molecule has 1 unspecified atom stereocenters. The van der Waals surface area contributed by atoms with Gasteiger partial charge in [-0.15, -0.1) is 12.4 Å². The lowest BCUT2D eigenvalue weighted by Gasteiger charge is -2.19. The summed E-state index contributed by atoms with van der Waals surface area (Å²) < 4.78 is 81.5. The number of carbonyl (C=O) groups is 1. The number of carbonyl (C=O) groups excluding carboxylic acids is 1. The molecule has 1 amide bonds. The third kappa shape index (κ3) is 7.95. The third-order valence-electron chi connectivity index (χ3n) is 4.45. The summed E-state index contributed by atoms with van der Waals surface area (Å²) in [4.78, 5) is 12.1. The topological polar surface area (TPSA) is 41.1 Å². The van der Waals surface area contributed by atoms with E-state index in [1.165, 1.54) is 0 Å².